The molecule has 0 fully saturated rings. The van der Waals surface area contributed by atoms with Crippen molar-refractivity contribution < 1.29 is 9.59 Å². The number of benzene rings is 2. The molecule has 31 heavy (non-hydrogen) atoms. The summed E-state index contributed by atoms with van der Waals surface area (Å²) in [6.45, 7) is 5.92. The van der Waals surface area contributed by atoms with Gasteiger partial charge in [-0.25, -0.2) is 9.78 Å². The van der Waals surface area contributed by atoms with Crippen LogP contribution < -0.4 is 16.0 Å². The Hall–Kier alpha value is -2.97. The van der Waals surface area contributed by atoms with Crippen molar-refractivity contribution in [3.05, 3.63) is 58.6 Å². The summed E-state index contributed by atoms with van der Waals surface area (Å²) in [5.74, 6) is 0.259. The molecule has 0 bridgehead atoms. The van der Waals surface area contributed by atoms with Gasteiger partial charge in [-0.3, -0.25) is 4.79 Å². The molecule has 3 amide bonds. The maximum Gasteiger partial charge on any atom is 0.319 e. The Morgan fingerprint density at radius 3 is 2.65 bits per heavy atom. The third kappa shape index (κ3) is 6.50. The summed E-state index contributed by atoms with van der Waals surface area (Å²) in [5, 5.41) is 9.69. The van der Waals surface area contributed by atoms with Crippen LogP contribution in [0.3, 0.4) is 0 Å². The van der Waals surface area contributed by atoms with E-state index >= 15 is 0 Å². The minimum Gasteiger partial charge on any atom is -0.351 e. The Morgan fingerprint density at radius 1 is 1.10 bits per heavy atom. The number of urea groups is 1. The highest BCUT2D eigenvalue weighted by atomic mass is 32.1. The van der Waals surface area contributed by atoms with Gasteiger partial charge >= 0.3 is 6.03 Å². The van der Waals surface area contributed by atoms with Crippen LogP contribution in [0.2, 0.25) is 0 Å². The van der Waals surface area contributed by atoms with Crippen molar-refractivity contribution in [2.75, 3.05) is 32.5 Å². The van der Waals surface area contributed by atoms with E-state index in [1.165, 1.54) is 0 Å². The molecule has 0 aliphatic carbocycles. The van der Waals surface area contributed by atoms with Crippen LogP contribution in [0.4, 0.5) is 10.5 Å². The molecule has 1 heterocycles. The van der Waals surface area contributed by atoms with E-state index in [0.717, 1.165) is 33.0 Å². The molecule has 0 radical (unpaired) electrons. The van der Waals surface area contributed by atoms with Crippen molar-refractivity contribution in [1.82, 2.24) is 20.5 Å². The summed E-state index contributed by atoms with van der Waals surface area (Å²) in [5.41, 5.74) is 3.10. The lowest BCUT2D eigenvalue weighted by molar-refractivity contribution is 0.0951. The van der Waals surface area contributed by atoms with Gasteiger partial charge in [-0.1, -0.05) is 26.0 Å². The first kappa shape index (κ1) is 22.7. The van der Waals surface area contributed by atoms with Crippen LogP contribution in [0.25, 0.3) is 10.2 Å². The average Bonchev–Trinajstić information content (AvgIpc) is 3.16. The molecule has 0 saturated carbocycles. The van der Waals surface area contributed by atoms with E-state index in [1.807, 2.05) is 49.3 Å². The maximum atomic E-state index is 12.3. The normalized spacial score (nSPS) is 11.2. The summed E-state index contributed by atoms with van der Waals surface area (Å²) in [4.78, 5) is 31.2. The topological polar surface area (TPSA) is 86.4 Å². The van der Waals surface area contributed by atoms with Crippen LogP contribution in [0, 0.1) is 0 Å². The van der Waals surface area contributed by atoms with Crippen molar-refractivity contribution in [2.24, 2.45) is 0 Å². The highest BCUT2D eigenvalue weighted by Gasteiger charge is 2.10. The molecule has 3 aromatic rings. The lowest BCUT2D eigenvalue weighted by Crippen LogP contribution is -2.31. The quantitative estimate of drug-likeness (QED) is 0.495. The molecule has 3 rings (SSSR count). The Morgan fingerprint density at radius 2 is 1.90 bits per heavy atom. The molecule has 0 unspecified atom stereocenters. The first-order chi connectivity index (χ1) is 14.8. The van der Waals surface area contributed by atoms with Crippen LogP contribution in [0.1, 0.15) is 40.7 Å². The van der Waals surface area contributed by atoms with Crippen molar-refractivity contribution in [3.63, 3.8) is 0 Å². The second-order valence-electron chi connectivity index (χ2n) is 7.96. The number of aromatic nitrogens is 1. The number of rotatable bonds is 8. The van der Waals surface area contributed by atoms with Crippen molar-refractivity contribution in [3.8, 4) is 0 Å². The van der Waals surface area contributed by atoms with Crippen LogP contribution in [0.5, 0.6) is 0 Å². The Bertz CT molecular complexity index is 1060. The van der Waals surface area contributed by atoms with E-state index < -0.39 is 0 Å². The van der Waals surface area contributed by atoms with Crippen molar-refractivity contribution >= 4 is 39.2 Å². The molecule has 3 N–H and O–H groups in total. The van der Waals surface area contributed by atoms with E-state index in [-0.39, 0.29) is 11.9 Å². The number of thiazole rings is 1. The SMILES string of the molecule is CC(C)c1nc2ccc(NC(=O)NCc3cccc(C(=O)NCCN(C)C)c3)cc2s1. The minimum absolute atomic E-state index is 0.119. The number of hydrogen-bond acceptors (Lipinski definition) is 5. The van der Waals surface area contributed by atoms with E-state index in [1.54, 1.807) is 23.5 Å². The number of fused-ring (bicyclic) bond motifs is 1. The van der Waals surface area contributed by atoms with Crippen molar-refractivity contribution in [1.29, 1.82) is 0 Å². The average molecular weight is 440 g/mol. The van der Waals surface area contributed by atoms with Crippen LogP contribution in [-0.4, -0.2) is 49.0 Å². The smallest absolute Gasteiger partial charge is 0.319 e. The zero-order chi connectivity index (χ0) is 22.4. The summed E-state index contributed by atoms with van der Waals surface area (Å²) >= 11 is 1.64. The van der Waals surface area contributed by atoms with Crippen LogP contribution in [0.15, 0.2) is 42.5 Å². The lowest BCUT2D eigenvalue weighted by atomic mass is 10.1. The zero-order valence-corrected chi connectivity index (χ0v) is 19.2. The molecule has 0 atom stereocenters. The number of amides is 3. The van der Waals surface area contributed by atoms with Crippen molar-refractivity contribution in [2.45, 2.75) is 26.3 Å². The third-order valence-electron chi connectivity index (χ3n) is 4.64. The van der Waals surface area contributed by atoms with E-state index in [9.17, 15) is 9.59 Å². The molecular formula is C23H29N5O2S. The minimum atomic E-state index is -0.297. The van der Waals surface area contributed by atoms with E-state index in [4.69, 9.17) is 0 Å². The zero-order valence-electron chi connectivity index (χ0n) is 18.4. The predicted octanol–water partition coefficient (Wildman–Crippen LogP) is 4.03. The summed E-state index contributed by atoms with van der Waals surface area (Å²) in [6, 6.07) is 12.7. The largest absolute Gasteiger partial charge is 0.351 e. The molecule has 7 nitrogen and oxygen atoms in total. The second-order valence-corrected chi connectivity index (χ2v) is 9.02. The molecular weight excluding hydrogens is 410 g/mol. The fraction of sp³-hybridized carbons (Fsp3) is 0.348. The van der Waals surface area contributed by atoms with Gasteiger partial charge in [0.15, 0.2) is 0 Å². The number of carbonyl (C=O) groups is 2. The fourth-order valence-electron chi connectivity index (χ4n) is 2.94. The van der Waals surface area contributed by atoms with Gasteiger partial charge in [-0.05, 0) is 50.0 Å². The first-order valence-corrected chi connectivity index (χ1v) is 11.1. The predicted molar refractivity (Wildman–Crippen MR) is 127 cm³/mol. The molecule has 0 spiro atoms. The van der Waals surface area contributed by atoms with E-state index in [0.29, 0.717) is 24.6 Å². The molecule has 0 saturated heterocycles. The maximum absolute atomic E-state index is 12.3. The lowest BCUT2D eigenvalue weighted by Gasteiger charge is -2.11. The number of likely N-dealkylation sites (N-methyl/N-ethyl adjacent to an activating group) is 1. The summed E-state index contributed by atoms with van der Waals surface area (Å²) < 4.78 is 1.05. The van der Waals surface area contributed by atoms with E-state index in [2.05, 4.69) is 34.8 Å². The number of nitrogens with zero attached hydrogens (tertiary/aromatic N) is 2. The van der Waals surface area contributed by atoms with Crippen LogP contribution >= 0.6 is 11.3 Å². The molecule has 1 aromatic heterocycles. The van der Waals surface area contributed by atoms with Gasteiger partial charge in [0.05, 0.1) is 15.2 Å². The fourth-order valence-corrected chi connectivity index (χ4v) is 3.95. The monoisotopic (exact) mass is 439 g/mol. The number of hydrogen-bond donors (Lipinski definition) is 3. The third-order valence-corrected chi connectivity index (χ3v) is 5.96. The van der Waals surface area contributed by atoms with Gasteiger partial charge in [0, 0.05) is 36.8 Å². The highest BCUT2D eigenvalue weighted by molar-refractivity contribution is 7.18. The van der Waals surface area contributed by atoms with Gasteiger partial charge in [0.2, 0.25) is 0 Å². The number of nitrogens with one attached hydrogen (secondary N) is 3. The van der Waals surface area contributed by atoms with Gasteiger partial charge in [0.25, 0.3) is 5.91 Å². The van der Waals surface area contributed by atoms with Gasteiger partial charge in [0.1, 0.15) is 0 Å². The molecule has 2 aromatic carbocycles. The molecule has 8 heteroatoms. The number of carbonyl (C=O) groups excluding carboxylic acids is 2. The Balaban J connectivity index is 1.54. The first-order valence-electron chi connectivity index (χ1n) is 10.3. The number of anilines is 1. The van der Waals surface area contributed by atoms with Gasteiger partial charge in [-0.15, -0.1) is 11.3 Å². The molecule has 164 valence electrons. The summed E-state index contributed by atoms with van der Waals surface area (Å²) in [6.07, 6.45) is 0. The standard InChI is InChI=1S/C23H29N5O2S/c1-15(2)22-27-19-9-8-18(13-20(19)31-22)26-23(30)25-14-16-6-5-7-17(12-16)21(29)24-10-11-28(3)4/h5-9,12-13,15H,10-11,14H2,1-4H3,(H,24,29)(H2,25,26,30). The second kappa shape index (κ2) is 10.4. The molecule has 0 aliphatic rings. The van der Waals surface area contributed by atoms with Crippen LogP contribution in [-0.2, 0) is 6.54 Å². The Labute approximate surface area is 186 Å². The van der Waals surface area contributed by atoms with Gasteiger partial charge in [-0.2, -0.15) is 0 Å². The van der Waals surface area contributed by atoms with Gasteiger partial charge < -0.3 is 20.9 Å². The highest BCUT2D eigenvalue weighted by Crippen LogP contribution is 2.29. The molecule has 0 aliphatic heterocycles. The summed E-state index contributed by atoms with van der Waals surface area (Å²) in [7, 11) is 3.92. The Kier molecular flexibility index (Phi) is 7.59.